The molecule has 2 rings (SSSR count). The lowest BCUT2D eigenvalue weighted by atomic mass is 10.1. The van der Waals surface area contributed by atoms with Crippen LogP contribution < -0.4 is 5.32 Å². The number of carbonyl (C=O) groups excluding carboxylic acids is 1. The second-order valence-corrected chi connectivity index (χ2v) is 4.87. The van der Waals surface area contributed by atoms with Gasteiger partial charge in [-0.25, -0.2) is 14.2 Å². The van der Waals surface area contributed by atoms with Crippen molar-refractivity contribution >= 4 is 6.03 Å². The van der Waals surface area contributed by atoms with Crippen LogP contribution in [-0.4, -0.2) is 39.2 Å². The fourth-order valence-electron chi connectivity index (χ4n) is 2.16. The van der Waals surface area contributed by atoms with Crippen molar-refractivity contribution in [3.05, 3.63) is 18.2 Å². The number of halogens is 1. The van der Waals surface area contributed by atoms with Crippen LogP contribution in [0.5, 0.6) is 0 Å². The Morgan fingerprint density at radius 3 is 3.06 bits per heavy atom. The highest BCUT2D eigenvalue weighted by molar-refractivity contribution is 5.74. The molecule has 1 unspecified atom stereocenters. The minimum atomic E-state index is -1.25. The molecule has 0 aliphatic carbocycles. The number of rotatable bonds is 3. The number of amides is 2. The van der Waals surface area contributed by atoms with Crippen LogP contribution in [0.25, 0.3) is 0 Å². The molecule has 6 heteroatoms. The maximum Gasteiger partial charge on any atom is 0.317 e. The summed E-state index contributed by atoms with van der Waals surface area (Å²) in [6, 6.07) is -0.220. The van der Waals surface area contributed by atoms with Crippen molar-refractivity contribution in [2.24, 2.45) is 0 Å². The van der Waals surface area contributed by atoms with E-state index in [1.165, 1.54) is 11.8 Å². The summed E-state index contributed by atoms with van der Waals surface area (Å²) in [4.78, 5) is 17.5. The minimum absolute atomic E-state index is 0.168. The van der Waals surface area contributed by atoms with Crippen LogP contribution in [0, 0.1) is 0 Å². The smallest absolute Gasteiger partial charge is 0.317 e. The van der Waals surface area contributed by atoms with E-state index in [2.05, 4.69) is 10.3 Å². The average molecular weight is 254 g/mol. The van der Waals surface area contributed by atoms with Gasteiger partial charge in [0.05, 0.1) is 13.1 Å². The second-order valence-electron chi connectivity index (χ2n) is 4.87. The molecule has 1 saturated heterocycles. The number of aryl methyl sites for hydroxylation is 1. The lowest BCUT2D eigenvalue weighted by molar-refractivity contribution is 0.178. The standard InChI is InChI=1S/C12H19FN4O/c1-3-16-7-5-14-10(16)8-15-11(18)17-6-4-12(2,13)9-17/h5,7H,3-4,6,8-9H2,1-2H3,(H,15,18). The number of aromatic nitrogens is 2. The van der Waals surface area contributed by atoms with Gasteiger partial charge >= 0.3 is 6.03 Å². The topological polar surface area (TPSA) is 50.2 Å². The van der Waals surface area contributed by atoms with Gasteiger partial charge in [-0.2, -0.15) is 0 Å². The van der Waals surface area contributed by atoms with E-state index in [9.17, 15) is 9.18 Å². The first-order chi connectivity index (χ1) is 8.52. The van der Waals surface area contributed by atoms with Gasteiger partial charge in [-0.05, 0) is 13.8 Å². The van der Waals surface area contributed by atoms with Crippen molar-refractivity contribution in [2.45, 2.75) is 39.0 Å². The van der Waals surface area contributed by atoms with E-state index in [0.717, 1.165) is 12.4 Å². The summed E-state index contributed by atoms with van der Waals surface area (Å²) in [5.41, 5.74) is -1.25. The zero-order valence-corrected chi connectivity index (χ0v) is 10.8. The van der Waals surface area contributed by atoms with Crippen LogP contribution in [0.2, 0.25) is 0 Å². The zero-order valence-electron chi connectivity index (χ0n) is 10.8. The fourth-order valence-corrected chi connectivity index (χ4v) is 2.16. The molecule has 2 heterocycles. The van der Waals surface area contributed by atoms with E-state index >= 15 is 0 Å². The number of nitrogens with one attached hydrogen (secondary N) is 1. The Hall–Kier alpha value is -1.59. The highest BCUT2D eigenvalue weighted by Crippen LogP contribution is 2.24. The summed E-state index contributed by atoms with van der Waals surface area (Å²) in [7, 11) is 0. The highest BCUT2D eigenvalue weighted by atomic mass is 19.1. The van der Waals surface area contributed by atoms with E-state index in [1.54, 1.807) is 6.20 Å². The quantitative estimate of drug-likeness (QED) is 0.889. The summed E-state index contributed by atoms with van der Waals surface area (Å²) in [6.45, 7) is 5.38. The van der Waals surface area contributed by atoms with E-state index in [0.29, 0.717) is 19.5 Å². The van der Waals surface area contributed by atoms with Crippen LogP contribution in [0.15, 0.2) is 12.4 Å². The van der Waals surface area contributed by atoms with Gasteiger partial charge in [0, 0.05) is 31.9 Å². The molecule has 100 valence electrons. The maximum absolute atomic E-state index is 13.6. The normalized spacial score (nSPS) is 23.4. The fraction of sp³-hybridized carbons (Fsp3) is 0.667. The third-order valence-corrected chi connectivity index (χ3v) is 3.25. The number of carbonyl (C=O) groups is 1. The summed E-state index contributed by atoms with van der Waals surface area (Å²) in [5.74, 6) is 0.813. The Kier molecular flexibility index (Phi) is 3.54. The summed E-state index contributed by atoms with van der Waals surface area (Å²) < 4.78 is 15.6. The molecule has 1 fully saturated rings. The van der Waals surface area contributed by atoms with Gasteiger partial charge < -0.3 is 14.8 Å². The molecule has 1 aliphatic rings. The lowest BCUT2D eigenvalue weighted by Gasteiger charge is -2.18. The number of imidazole rings is 1. The first-order valence-electron chi connectivity index (χ1n) is 6.23. The lowest BCUT2D eigenvalue weighted by Crippen LogP contribution is -2.40. The summed E-state index contributed by atoms with van der Waals surface area (Å²) in [5, 5.41) is 2.78. The third-order valence-electron chi connectivity index (χ3n) is 3.25. The highest BCUT2D eigenvalue weighted by Gasteiger charge is 2.35. The van der Waals surface area contributed by atoms with Crippen molar-refractivity contribution in [1.82, 2.24) is 19.8 Å². The molecule has 1 atom stereocenters. The van der Waals surface area contributed by atoms with E-state index in [1.807, 2.05) is 17.7 Å². The van der Waals surface area contributed by atoms with Crippen LogP contribution >= 0.6 is 0 Å². The van der Waals surface area contributed by atoms with Gasteiger partial charge in [-0.3, -0.25) is 0 Å². The van der Waals surface area contributed by atoms with Crippen LogP contribution in [0.4, 0.5) is 9.18 Å². The molecule has 5 nitrogen and oxygen atoms in total. The molecule has 2 amide bonds. The molecule has 0 spiro atoms. The Labute approximate surface area is 106 Å². The van der Waals surface area contributed by atoms with Gasteiger partial charge in [-0.1, -0.05) is 0 Å². The molecule has 0 aromatic carbocycles. The van der Waals surface area contributed by atoms with Gasteiger partial charge in [0.25, 0.3) is 0 Å². The van der Waals surface area contributed by atoms with Crippen LogP contribution in [0.3, 0.4) is 0 Å². The van der Waals surface area contributed by atoms with Crippen LogP contribution in [0.1, 0.15) is 26.1 Å². The van der Waals surface area contributed by atoms with E-state index in [-0.39, 0.29) is 12.6 Å². The Balaban J connectivity index is 1.86. The molecule has 1 aromatic rings. The van der Waals surface area contributed by atoms with Crippen molar-refractivity contribution in [3.63, 3.8) is 0 Å². The largest absolute Gasteiger partial charge is 0.334 e. The molecule has 0 radical (unpaired) electrons. The molecule has 1 aromatic heterocycles. The molecule has 0 bridgehead atoms. The summed E-state index contributed by atoms with van der Waals surface area (Å²) >= 11 is 0. The van der Waals surface area contributed by atoms with Gasteiger partial charge in [0.15, 0.2) is 0 Å². The molecular formula is C12H19FN4O. The van der Waals surface area contributed by atoms with E-state index < -0.39 is 5.67 Å². The number of urea groups is 1. The molecule has 1 aliphatic heterocycles. The number of alkyl halides is 1. The molecular weight excluding hydrogens is 235 g/mol. The number of hydrogen-bond donors (Lipinski definition) is 1. The Morgan fingerprint density at radius 2 is 2.44 bits per heavy atom. The predicted molar refractivity (Wildman–Crippen MR) is 65.8 cm³/mol. The SMILES string of the molecule is CCn1ccnc1CNC(=O)N1CCC(C)(F)C1. The second kappa shape index (κ2) is 4.96. The Morgan fingerprint density at radius 1 is 1.67 bits per heavy atom. The predicted octanol–water partition coefficient (Wildman–Crippen LogP) is 1.55. The van der Waals surface area contributed by atoms with Crippen molar-refractivity contribution in [1.29, 1.82) is 0 Å². The van der Waals surface area contributed by atoms with Gasteiger partial charge in [-0.15, -0.1) is 0 Å². The van der Waals surface area contributed by atoms with Gasteiger partial charge in [0.1, 0.15) is 11.5 Å². The van der Waals surface area contributed by atoms with Crippen molar-refractivity contribution in [3.8, 4) is 0 Å². The number of likely N-dealkylation sites (tertiary alicyclic amines) is 1. The van der Waals surface area contributed by atoms with E-state index in [4.69, 9.17) is 0 Å². The first kappa shape index (κ1) is 12.9. The average Bonchev–Trinajstić information content (AvgIpc) is 2.91. The maximum atomic E-state index is 13.6. The summed E-state index contributed by atoms with van der Waals surface area (Å²) in [6.07, 6.45) is 3.99. The monoisotopic (exact) mass is 254 g/mol. The van der Waals surface area contributed by atoms with Crippen LogP contribution in [-0.2, 0) is 13.1 Å². The minimum Gasteiger partial charge on any atom is -0.334 e. The number of hydrogen-bond acceptors (Lipinski definition) is 2. The zero-order chi connectivity index (χ0) is 13.2. The first-order valence-corrected chi connectivity index (χ1v) is 6.23. The number of nitrogens with zero attached hydrogens (tertiary/aromatic N) is 3. The third kappa shape index (κ3) is 2.80. The Bertz CT molecular complexity index is 429. The molecule has 1 N–H and O–H groups in total. The van der Waals surface area contributed by atoms with Crippen molar-refractivity contribution in [2.75, 3.05) is 13.1 Å². The molecule has 0 saturated carbocycles. The molecule has 18 heavy (non-hydrogen) atoms. The van der Waals surface area contributed by atoms with Gasteiger partial charge in [0.2, 0.25) is 0 Å². The van der Waals surface area contributed by atoms with Crippen molar-refractivity contribution < 1.29 is 9.18 Å².